The van der Waals surface area contributed by atoms with Gasteiger partial charge in [0.1, 0.15) is 12.7 Å². The number of aliphatic hydroxyl groups is 1. The zero-order valence-electron chi connectivity index (χ0n) is 16.4. The van der Waals surface area contributed by atoms with Gasteiger partial charge in [0, 0.05) is 25.2 Å². The molecule has 0 radical (unpaired) electrons. The minimum Gasteiger partial charge on any atom is -0.493 e. The quantitative estimate of drug-likeness (QED) is 0.620. The molecule has 0 heterocycles. The Morgan fingerprint density at radius 1 is 1.08 bits per heavy atom. The smallest absolute Gasteiger partial charge is 0.161 e. The maximum atomic E-state index is 11.4. The Morgan fingerprint density at radius 3 is 2.16 bits per heavy atom. The first-order valence-electron chi connectivity index (χ1n) is 8.95. The molecule has 0 fully saturated rings. The Labute approximate surface area is 151 Å². The van der Waals surface area contributed by atoms with Crippen molar-refractivity contribution in [1.29, 1.82) is 0 Å². The van der Waals surface area contributed by atoms with Crippen LogP contribution in [0.2, 0.25) is 0 Å². The molecular weight excluding hydrogens is 318 g/mol. The highest BCUT2D eigenvalue weighted by atomic mass is 16.5. The Morgan fingerprint density at radius 2 is 1.68 bits per heavy atom. The summed E-state index contributed by atoms with van der Waals surface area (Å²) in [6.45, 7) is 12.9. The predicted octanol–water partition coefficient (Wildman–Crippen LogP) is 3.25. The molecule has 0 saturated heterocycles. The third-order valence-electron chi connectivity index (χ3n) is 3.72. The second-order valence-electron chi connectivity index (χ2n) is 7.39. The zero-order chi connectivity index (χ0) is 19.0. The van der Waals surface area contributed by atoms with Crippen molar-refractivity contribution in [3.63, 3.8) is 0 Å². The van der Waals surface area contributed by atoms with Gasteiger partial charge in [-0.2, -0.15) is 0 Å². The van der Waals surface area contributed by atoms with Crippen LogP contribution in [0.25, 0.3) is 0 Å². The molecule has 25 heavy (non-hydrogen) atoms. The first-order valence-corrected chi connectivity index (χ1v) is 8.95. The highest BCUT2D eigenvalue weighted by Crippen LogP contribution is 2.28. The van der Waals surface area contributed by atoms with Gasteiger partial charge < -0.3 is 19.5 Å². The fourth-order valence-corrected chi connectivity index (χ4v) is 2.80. The molecule has 1 aromatic carbocycles. The Hall–Kier alpha value is -1.59. The van der Waals surface area contributed by atoms with Gasteiger partial charge in [0.15, 0.2) is 17.3 Å². The minimum atomic E-state index is -0.588. The molecule has 1 atom stereocenters. The van der Waals surface area contributed by atoms with Crippen molar-refractivity contribution in [3.8, 4) is 11.5 Å². The maximum absolute atomic E-state index is 11.4. The fourth-order valence-electron chi connectivity index (χ4n) is 2.80. The molecule has 0 saturated carbocycles. The van der Waals surface area contributed by atoms with Crippen molar-refractivity contribution in [2.75, 3.05) is 33.4 Å². The molecule has 0 unspecified atom stereocenters. The summed E-state index contributed by atoms with van der Waals surface area (Å²) in [5.74, 6) is 2.10. The molecule has 0 aliphatic heterocycles. The van der Waals surface area contributed by atoms with Crippen LogP contribution in [-0.2, 0) is 0 Å². The summed E-state index contributed by atoms with van der Waals surface area (Å²) in [4.78, 5) is 13.7. The number of hydrogen-bond acceptors (Lipinski definition) is 5. The van der Waals surface area contributed by atoms with Gasteiger partial charge in [-0.1, -0.05) is 27.7 Å². The zero-order valence-corrected chi connectivity index (χ0v) is 16.4. The number of carbonyl (C=O) groups excluding carboxylic acids is 1. The number of ketones is 1. The van der Waals surface area contributed by atoms with E-state index in [1.165, 1.54) is 14.0 Å². The highest BCUT2D eigenvalue weighted by molar-refractivity contribution is 5.94. The van der Waals surface area contributed by atoms with E-state index < -0.39 is 6.10 Å². The largest absolute Gasteiger partial charge is 0.493 e. The van der Waals surface area contributed by atoms with Gasteiger partial charge >= 0.3 is 0 Å². The molecule has 0 aliphatic rings. The number of nitrogens with zero attached hydrogens (tertiary/aromatic N) is 1. The lowest BCUT2D eigenvalue weighted by Gasteiger charge is -2.28. The number of rotatable bonds is 11. The number of carbonyl (C=O) groups is 1. The van der Waals surface area contributed by atoms with Crippen LogP contribution in [0.1, 0.15) is 45.0 Å². The van der Waals surface area contributed by atoms with E-state index in [0.29, 0.717) is 35.4 Å². The number of methoxy groups -OCH3 is 1. The molecule has 1 N–H and O–H groups in total. The molecule has 0 bridgehead atoms. The van der Waals surface area contributed by atoms with Crippen molar-refractivity contribution >= 4 is 5.78 Å². The molecular formula is C20H33NO4. The van der Waals surface area contributed by atoms with Crippen LogP contribution in [0.3, 0.4) is 0 Å². The first kappa shape index (κ1) is 21.5. The molecule has 1 rings (SSSR count). The lowest BCUT2D eigenvalue weighted by atomic mass is 10.1. The fraction of sp³-hybridized carbons (Fsp3) is 0.650. The third-order valence-corrected chi connectivity index (χ3v) is 3.72. The van der Waals surface area contributed by atoms with Crippen LogP contribution in [-0.4, -0.2) is 55.2 Å². The summed E-state index contributed by atoms with van der Waals surface area (Å²) >= 11 is 0. The Kier molecular flexibility index (Phi) is 8.93. The van der Waals surface area contributed by atoms with Crippen molar-refractivity contribution in [1.82, 2.24) is 4.90 Å². The van der Waals surface area contributed by atoms with Crippen molar-refractivity contribution < 1.29 is 19.4 Å². The molecule has 0 aromatic heterocycles. The van der Waals surface area contributed by atoms with Gasteiger partial charge in [-0.15, -0.1) is 0 Å². The Bertz CT molecular complexity index is 532. The summed E-state index contributed by atoms with van der Waals surface area (Å²) in [5.41, 5.74) is 0.574. The lowest BCUT2D eigenvalue weighted by Crippen LogP contribution is -2.39. The van der Waals surface area contributed by atoms with Crippen LogP contribution in [0.4, 0.5) is 0 Å². The molecule has 0 spiro atoms. The second-order valence-corrected chi connectivity index (χ2v) is 7.39. The van der Waals surface area contributed by atoms with E-state index >= 15 is 0 Å². The van der Waals surface area contributed by atoms with Gasteiger partial charge in [-0.25, -0.2) is 0 Å². The van der Waals surface area contributed by atoms with Crippen molar-refractivity contribution in [3.05, 3.63) is 23.8 Å². The maximum Gasteiger partial charge on any atom is 0.161 e. The lowest BCUT2D eigenvalue weighted by molar-refractivity contribution is 0.0592. The van der Waals surface area contributed by atoms with Crippen molar-refractivity contribution in [2.24, 2.45) is 11.8 Å². The summed E-state index contributed by atoms with van der Waals surface area (Å²) in [6, 6.07) is 5.08. The predicted molar refractivity (Wildman–Crippen MR) is 101 cm³/mol. The number of Topliss-reactive ketones (excluding diaryl/α,β-unsaturated/α-hetero) is 1. The summed E-state index contributed by atoms with van der Waals surface area (Å²) in [5, 5.41) is 10.4. The molecule has 0 amide bonds. The van der Waals surface area contributed by atoms with Crippen LogP contribution < -0.4 is 9.47 Å². The van der Waals surface area contributed by atoms with Gasteiger partial charge in [-0.05, 0) is 37.0 Å². The number of hydrogen-bond donors (Lipinski definition) is 1. The van der Waals surface area contributed by atoms with Crippen LogP contribution in [0, 0.1) is 11.8 Å². The normalized spacial score (nSPS) is 12.7. The number of aliphatic hydroxyl groups excluding tert-OH is 1. The van der Waals surface area contributed by atoms with Crippen LogP contribution >= 0.6 is 0 Å². The third kappa shape index (κ3) is 7.88. The van der Waals surface area contributed by atoms with E-state index in [2.05, 4.69) is 32.6 Å². The van der Waals surface area contributed by atoms with E-state index in [1.54, 1.807) is 18.2 Å². The van der Waals surface area contributed by atoms with E-state index in [1.807, 2.05) is 0 Å². The Balaban J connectivity index is 2.65. The second kappa shape index (κ2) is 10.4. The van der Waals surface area contributed by atoms with Crippen LogP contribution in [0.5, 0.6) is 11.5 Å². The van der Waals surface area contributed by atoms with E-state index in [-0.39, 0.29) is 12.4 Å². The van der Waals surface area contributed by atoms with Gasteiger partial charge in [-0.3, -0.25) is 4.79 Å². The molecule has 0 aliphatic carbocycles. The number of benzene rings is 1. The monoisotopic (exact) mass is 351 g/mol. The van der Waals surface area contributed by atoms with Gasteiger partial charge in [0.2, 0.25) is 0 Å². The standard InChI is InChI=1S/C20H33NO4/c1-14(2)10-21(11-15(3)4)12-18(23)13-25-19-8-7-17(16(5)22)9-20(19)24-6/h7-9,14-15,18,23H,10-13H2,1-6H3/t18-/m0/s1. The SMILES string of the molecule is COc1cc(C(C)=O)ccc1OC[C@@H](O)CN(CC(C)C)CC(C)C. The molecule has 142 valence electrons. The highest BCUT2D eigenvalue weighted by Gasteiger charge is 2.16. The molecule has 1 aromatic rings. The van der Waals surface area contributed by atoms with E-state index in [9.17, 15) is 9.90 Å². The summed E-state index contributed by atoms with van der Waals surface area (Å²) < 4.78 is 11.0. The average molecular weight is 351 g/mol. The summed E-state index contributed by atoms with van der Waals surface area (Å²) in [6.07, 6.45) is -0.588. The van der Waals surface area contributed by atoms with Crippen molar-refractivity contribution in [2.45, 2.75) is 40.7 Å². The van der Waals surface area contributed by atoms with E-state index in [0.717, 1.165) is 13.1 Å². The van der Waals surface area contributed by atoms with Gasteiger partial charge in [0.25, 0.3) is 0 Å². The van der Waals surface area contributed by atoms with E-state index in [4.69, 9.17) is 9.47 Å². The number of ether oxygens (including phenoxy) is 2. The topological polar surface area (TPSA) is 59.0 Å². The molecule has 5 heteroatoms. The van der Waals surface area contributed by atoms with Gasteiger partial charge in [0.05, 0.1) is 7.11 Å². The minimum absolute atomic E-state index is 0.0251. The first-order chi connectivity index (χ1) is 11.7. The summed E-state index contributed by atoms with van der Waals surface area (Å²) in [7, 11) is 1.54. The van der Waals surface area contributed by atoms with Crippen LogP contribution in [0.15, 0.2) is 18.2 Å². The molecule has 5 nitrogen and oxygen atoms in total. The average Bonchev–Trinajstić information content (AvgIpc) is 2.51.